The van der Waals surface area contributed by atoms with E-state index in [-0.39, 0.29) is 23.9 Å². The Morgan fingerprint density at radius 1 is 0.857 bits per heavy atom. The molecule has 0 bridgehead atoms. The van der Waals surface area contributed by atoms with Gasteiger partial charge in [0.05, 0.1) is 18.0 Å². The van der Waals surface area contributed by atoms with Gasteiger partial charge in [-0.05, 0) is 53.1 Å². The number of carbonyl (C=O) groups is 1. The topological polar surface area (TPSA) is 75.7 Å². The minimum absolute atomic E-state index is 0.0814. The van der Waals surface area contributed by atoms with E-state index in [1.165, 1.54) is 16.4 Å². The van der Waals surface area contributed by atoms with Gasteiger partial charge in [0.1, 0.15) is 5.75 Å². The van der Waals surface area contributed by atoms with Crippen LogP contribution < -0.4 is 10.1 Å². The van der Waals surface area contributed by atoms with Crippen LogP contribution in [0, 0.1) is 0 Å². The molecule has 0 spiro atoms. The van der Waals surface area contributed by atoms with Crippen molar-refractivity contribution in [2.24, 2.45) is 0 Å². The molecule has 0 unspecified atom stereocenters. The van der Waals surface area contributed by atoms with Crippen LogP contribution in [0.25, 0.3) is 10.8 Å². The Morgan fingerprint density at radius 2 is 1.54 bits per heavy atom. The molecule has 0 aliphatic rings. The van der Waals surface area contributed by atoms with Gasteiger partial charge in [-0.15, -0.1) is 0 Å². The third kappa shape index (κ3) is 6.07. The van der Waals surface area contributed by atoms with Crippen molar-refractivity contribution in [2.75, 3.05) is 13.2 Å². The number of nitrogens with zero attached hydrogens (tertiary/aromatic N) is 1. The highest BCUT2D eigenvalue weighted by Crippen LogP contribution is 2.22. The molecule has 4 aromatic carbocycles. The molecule has 0 saturated carbocycles. The Kier molecular flexibility index (Phi) is 7.80. The Hall–Kier alpha value is -3.68. The predicted molar refractivity (Wildman–Crippen MR) is 137 cm³/mol. The van der Waals surface area contributed by atoms with Crippen LogP contribution in [0.2, 0.25) is 0 Å². The van der Waals surface area contributed by atoms with Gasteiger partial charge in [-0.25, -0.2) is 8.42 Å². The van der Waals surface area contributed by atoms with E-state index in [0.29, 0.717) is 18.9 Å². The second kappa shape index (κ2) is 11.2. The quantitative estimate of drug-likeness (QED) is 0.350. The Morgan fingerprint density at radius 3 is 2.29 bits per heavy atom. The summed E-state index contributed by atoms with van der Waals surface area (Å²) in [5, 5.41) is 5.03. The molecule has 0 radical (unpaired) electrons. The molecule has 4 rings (SSSR count). The van der Waals surface area contributed by atoms with E-state index < -0.39 is 10.0 Å². The van der Waals surface area contributed by atoms with Crippen LogP contribution in [0.15, 0.2) is 102 Å². The summed E-state index contributed by atoms with van der Waals surface area (Å²) in [6, 6.07) is 29.4. The van der Waals surface area contributed by atoms with Crippen molar-refractivity contribution in [1.82, 2.24) is 9.62 Å². The number of ether oxygens (including phenoxy) is 1. The maximum atomic E-state index is 13.5. The van der Waals surface area contributed by atoms with Crippen molar-refractivity contribution >= 4 is 26.7 Å². The molecule has 0 fully saturated rings. The minimum atomic E-state index is -3.93. The van der Waals surface area contributed by atoms with Gasteiger partial charge in [0, 0.05) is 13.1 Å². The van der Waals surface area contributed by atoms with E-state index in [0.717, 1.165) is 21.9 Å². The molecule has 7 heteroatoms. The fourth-order valence-corrected chi connectivity index (χ4v) is 5.28. The van der Waals surface area contributed by atoms with E-state index in [4.69, 9.17) is 4.74 Å². The summed E-state index contributed by atoms with van der Waals surface area (Å²) in [5.74, 6) is 0.220. The van der Waals surface area contributed by atoms with Crippen LogP contribution in [-0.4, -0.2) is 31.8 Å². The SMILES string of the molecule is CCOc1ccc(S(=O)(=O)N(CC(=O)NCc2cccc3ccccc23)Cc2ccccc2)cc1. The number of hydrogen-bond donors (Lipinski definition) is 1. The van der Waals surface area contributed by atoms with Crippen LogP contribution in [-0.2, 0) is 27.9 Å². The molecule has 1 amide bonds. The number of carbonyl (C=O) groups excluding carboxylic acids is 1. The number of nitrogens with one attached hydrogen (secondary N) is 1. The van der Waals surface area contributed by atoms with Crippen molar-refractivity contribution in [1.29, 1.82) is 0 Å². The molecule has 180 valence electrons. The lowest BCUT2D eigenvalue weighted by molar-refractivity contribution is -0.121. The predicted octanol–water partition coefficient (Wildman–Crippen LogP) is 4.75. The van der Waals surface area contributed by atoms with Gasteiger partial charge in [-0.1, -0.05) is 72.8 Å². The molecule has 0 aromatic heterocycles. The highest BCUT2D eigenvalue weighted by Gasteiger charge is 2.27. The lowest BCUT2D eigenvalue weighted by Crippen LogP contribution is -2.40. The molecule has 0 atom stereocenters. The van der Waals surface area contributed by atoms with Gasteiger partial charge in [0.2, 0.25) is 15.9 Å². The molecule has 0 aliphatic carbocycles. The highest BCUT2D eigenvalue weighted by molar-refractivity contribution is 7.89. The van der Waals surface area contributed by atoms with E-state index in [1.54, 1.807) is 12.1 Å². The largest absolute Gasteiger partial charge is 0.494 e. The number of sulfonamides is 1. The monoisotopic (exact) mass is 488 g/mol. The fraction of sp³-hybridized carbons (Fsp3) is 0.179. The lowest BCUT2D eigenvalue weighted by atomic mass is 10.0. The molecule has 4 aromatic rings. The first-order valence-corrected chi connectivity index (χ1v) is 12.9. The van der Waals surface area contributed by atoms with Crippen molar-refractivity contribution in [3.05, 3.63) is 108 Å². The molecule has 1 N–H and O–H groups in total. The van der Waals surface area contributed by atoms with Crippen LogP contribution >= 0.6 is 0 Å². The zero-order valence-electron chi connectivity index (χ0n) is 19.6. The van der Waals surface area contributed by atoms with Crippen LogP contribution in [0.5, 0.6) is 5.75 Å². The lowest BCUT2D eigenvalue weighted by Gasteiger charge is -2.22. The molecular weight excluding hydrogens is 460 g/mol. The zero-order chi connectivity index (χ0) is 24.7. The average Bonchev–Trinajstić information content (AvgIpc) is 2.88. The van der Waals surface area contributed by atoms with Gasteiger partial charge < -0.3 is 10.1 Å². The zero-order valence-corrected chi connectivity index (χ0v) is 20.4. The first-order valence-electron chi connectivity index (χ1n) is 11.5. The average molecular weight is 489 g/mol. The van der Waals surface area contributed by atoms with Crippen LogP contribution in [0.4, 0.5) is 0 Å². The van der Waals surface area contributed by atoms with E-state index in [2.05, 4.69) is 5.32 Å². The molecular formula is C28H28N2O4S. The third-order valence-corrected chi connectivity index (χ3v) is 7.46. The maximum absolute atomic E-state index is 13.5. The van der Waals surface area contributed by atoms with Crippen molar-refractivity contribution in [2.45, 2.75) is 24.9 Å². The van der Waals surface area contributed by atoms with E-state index >= 15 is 0 Å². The van der Waals surface area contributed by atoms with Gasteiger partial charge in [-0.3, -0.25) is 4.79 Å². The van der Waals surface area contributed by atoms with Crippen LogP contribution in [0.1, 0.15) is 18.1 Å². The van der Waals surface area contributed by atoms with Crippen molar-refractivity contribution in [3.63, 3.8) is 0 Å². The number of amides is 1. The summed E-state index contributed by atoms with van der Waals surface area (Å²) >= 11 is 0. The van der Waals surface area contributed by atoms with Crippen LogP contribution in [0.3, 0.4) is 0 Å². The third-order valence-electron chi connectivity index (χ3n) is 5.65. The summed E-state index contributed by atoms with van der Waals surface area (Å²) in [5.41, 5.74) is 1.77. The first-order chi connectivity index (χ1) is 17.0. The fourth-order valence-electron chi connectivity index (χ4n) is 3.89. The summed E-state index contributed by atoms with van der Waals surface area (Å²) in [4.78, 5) is 13.0. The number of benzene rings is 4. The number of rotatable bonds is 10. The summed E-state index contributed by atoms with van der Waals surface area (Å²) in [6.07, 6.45) is 0. The first kappa shape index (κ1) is 24.4. The summed E-state index contributed by atoms with van der Waals surface area (Å²) in [7, 11) is -3.93. The maximum Gasteiger partial charge on any atom is 0.243 e. The van der Waals surface area contributed by atoms with Gasteiger partial charge >= 0.3 is 0 Å². The van der Waals surface area contributed by atoms with Gasteiger partial charge in [0.25, 0.3) is 0 Å². The Bertz CT molecular complexity index is 1380. The second-order valence-electron chi connectivity index (χ2n) is 8.08. The van der Waals surface area contributed by atoms with Crippen molar-refractivity contribution in [3.8, 4) is 5.75 Å². The normalized spacial score (nSPS) is 11.5. The highest BCUT2D eigenvalue weighted by atomic mass is 32.2. The minimum Gasteiger partial charge on any atom is -0.494 e. The Balaban J connectivity index is 1.53. The molecule has 0 saturated heterocycles. The number of fused-ring (bicyclic) bond motifs is 1. The van der Waals surface area contributed by atoms with Gasteiger partial charge in [0.15, 0.2) is 0 Å². The molecule has 0 heterocycles. The smallest absolute Gasteiger partial charge is 0.243 e. The van der Waals surface area contributed by atoms with E-state index in [9.17, 15) is 13.2 Å². The summed E-state index contributed by atoms with van der Waals surface area (Å²) in [6.45, 7) is 2.45. The Labute approximate surface area is 206 Å². The molecule has 0 aliphatic heterocycles. The number of hydrogen-bond acceptors (Lipinski definition) is 4. The molecule has 6 nitrogen and oxygen atoms in total. The summed E-state index contributed by atoms with van der Waals surface area (Å²) < 4.78 is 33.6. The second-order valence-corrected chi connectivity index (χ2v) is 10.0. The van der Waals surface area contributed by atoms with Crippen molar-refractivity contribution < 1.29 is 17.9 Å². The van der Waals surface area contributed by atoms with E-state index in [1.807, 2.05) is 79.7 Å². The van der Waals surface area contributed by atoms with Gasteiger partial charge in [-0.2, -0.15) is 4.31 Å². The standard InChI is InChI=1S/C28H28N2O4S/c1-2-34-25-15-17-26(18-16-25)35(32,33)30(20-22-9-4-3-5-10-22)21-28(31)29-19-24-13-8-12-23-11-6-7-14-27(23)24/h3-18H,2,19-21H2,1H3,(H,29,31). The molecule has 35 heavy (non-hydrogen) atoms.